The van der Waals surface area contributed by atoms with Gasteiger partial charge in [-0.1, -0.05) is 30.3 Å². The van der Waals surface area contributed by atoms with Crippen LogP contribution in [0.1, 0.15) is 17.3 Å². The van der Waals surface area contributed by atoms with Crippen LogP contribution in [0.25, 0.3) is 0 Å². The number of nitrogens with zero attached hydrogens (tertiary/aromatic N) is 1. The Morgan fingerprint density at radius 3 is 2.57 bits per heavy atom. The molecule has 3 heteroatoms. The monoisotopic (exact) mass is 187 g/mol. The van der Waals surface area contributed by atoms with E-state index in [0.717, 1.165) is 5.69 Å². The van der Waals surface area contributed by atoms with E-state index in [4.69, 9.17) is 0 Å². The Bertz CT molecular complexity index is 367. The van der Waals surface area contributed by atoms with Gasteiger partial charge in [-0.05, 0) is 18.7 Å². The minimum absolute atomic E-state index is 0.193. The fraction of sp³-hybridized carbons (Fsp3) is 0.182. The summed E-state index contributed by atoms with van der Waals surface area (Å²) in [5, 5.41) is 10.2. The smallest absolute Gasteiger partial charge is 0.0743 e. The topological polar surface area (TPSA) is 40.7 Å². The first-order valence-electron chi connectivity index (χ1n) is 4.63. The predicted molar refractivity (Wildman–Crippen MR) is 55.9 cm³/mol. The first-order valence-corrected chi connectivity index (χ1v) is 4.63. The van der Waals surface area contributed by atoms with E-state index in [0.29, 0.717) is 0 Å². The van der Waals surface area contributed by atoms with Crippen molar-refractivity contribution >= 4 is 0 Å². The van der Waals surface area contributed by atoms with Gasteiger partial charge in [0.25, 0.3) is 0 Å². The molecule has 1 heterocycles. The van der Waals surface area contributed by atoms with Crippen molar-refractivity contribution in [2.75, 3.05) is 7.05 Å². The number of H-pyrrole nitrogens is 1. The predicted octanol–water partition coefficient (Wildman–Crippen LogP) is 1.72. The van der Waals surface area contributed by atoms with Crippen molar-refractivity contribution in [3.8, 4) is 0 Å². The first-order chi connectivity index (χ1) is 6.92. The number of aromatic nitrogens is 2. The Morgan fingerprint density at radius 1 is 1.21 bits per heavy atom. The molecule has 0 bridgehead atoms. The molecule has 0 saturated heterocycles. The Balaban J connectivity index is 2.31. The zero-order chi connectivity index (χ0) is 9.80. The van der Waals surface area contributed by atoms with Gasteiger partial charge in [-0.15, -0.1) is 0 Å². The molecule has 0 spiro atoms. The van der Waals surface area contributed by atoms with Gasteiger partial charge >= 0.3 is 0 Å². The van der Waals surface area contributed by atoms with Crippen LogP contribution in [-0.4, -0.2) is 17.2 Å². The van der Waals surface area contributed by atoms with Crippen LogP contribution in [-0.2, 0) is 0 Å². The summed E-state index contributed by atoms with van der Waals surface area (Å²) in [6.45, 7) is 0. The molecule has 0 fully saturated rings. The summed E-state index contributed by atoms with van der Waals surface area (Å²) in [6, 6.07) is 12.5. The lowest BCUT2D eigenvalue weighted by Crippen LogP contribution is -2.17. The molecule has 2 rings (SSSR count). The van der Waals surface area contributed by atoms with E-state index in [2.05, 4.69) is 27.6 Å². The highest BCUT2D eigenvalue weighted by Gasteiger charge is 2.11. The zero-order valence-electron chi connectivity index (χ0n) is 8.07. The number of nitrogens with one attached hydrogen (secondary N) is 2. The molecule has 0 amide bonds. The molecule has 2 aromatic rings. The van der Waals surface area contributed by atoms with Gasteiger partial charge in [-0.2, -0.15) is 5.10 Å². The molecular formula is C11H13N3. The third-order valence-corrected chi connectivity index (χ3v) is 2.25. The maximum atomic E-state index is 3.95. The van der Waals surface area contributed by atoms with Gasteiger partial charge in [-0.3, -0.25) is 5.10 Å². The lowest BCUT2D eigenvalue weighted by Gasteiger charge is -2.14. The number of rotatable bonds is 3. The summed E-state index contributed by atoms with van der Waals surface area (Å²) in [5.74, 6) is 0. The van der Waals surface area contributed by atoms with Gasteiger partial charge in [0, 0.05) is 6.20 Å². The van der Waals surface area contributed by atoms with Crippen molar-refractivity contribution in [3.63, 3.8) is 0 Å². The van der Waals surface area contributed by atoms with Crippen LogP contribution < -0.4 is 5.32 Å². The van der Waals surface area contributed by atoms with E-state index in [1.54, 1.807) is 6.20 Å². The van der Waals surface area contributed by atoms with Crippen molar-refractivity contribution in [2.45, 2.75) is 6.04 Å². The van der Waals surface area contributed by atoms with Gasteiger partial charge in [0.2, 0.25) is 0 Å². The van der Waals surface area contributed by atoms with Gasteiger partial charge in [0.05, 0.1) is 11.7 Å². The fourth-order valence-electron chi connectivity index (χ4n) is 1.57. The van der Waals surface area contributed by atoms with E-state index >= 15 is 0 Å². The average molecular weight is 187 g/mol. The molecule has 1 atom stereocenters. The fourth-order valence-corrected chi connectivity index (χ4v) is 1.57. The van der Waals surface area contributed by atoms with Crippen LogP contribution in [0.5, 0.6) is 0 Å². The van der Waals surface area contributed by atoms with Crippen LogP contribution in [0.3, 0.4) is 0 Å². The summed E-state index contributed by atoms with van der Waals surface area (Å²) < 4.78 is 0. The highest BCUT2D eigenvalue weighted by atomic mass is 15.1. The standard InChI is InChI=1S/C11H13N3/c1-12-11(10-7-8-13-14-10)9-5-3-2-4-6-9/h2-8,11-12H,1H3,(H,13,14). The molecule has 0 radical (unpaired) electrons. The van der Waals surface area contributed by atoms with Gasteiger partial charge in [0.15, 0.2) is 0 Å². The molecule has 3 nitrogen and oxygen atoms in total. The Morgan fingerprint density at radius 2 is 2.00 bits per heavy atom. The van der Waals surface area contributed by atoms with E-state index in [1.165, 1.54) is 5.56 Å². The Kier molecular flexibility index (Phi) is 2.60. The lowest BCUT2D eigenvalue weighted by molar-refractivity contribution is 0.668. The minimum atomic E-state index is 0.193. The SMILES string of the molecule is CNC(c1ccccc1)c1ccn[nH]1. The quantitative estimate of drug-likeness (QED) is 0.768. The highest BCUT2D eigenvalue weighted by molar-refractivity contribution is 5.26. The summed E-state index contributed by atoms with van der Waals surface area (Å²) in [5.41, 5.74) is 2.32. The molecule has 1 aromatic heterocycles. The molecule has 0 aliphatic heterocycles. The van der Waals surface area contributed by atoms with E-state index in [1.807, 2.05) is 31.3 Å². The molecule has 0 saturated carbocycles. The molecule has 14 heavy (non-hydrogen) atoms. The molecule has 1 unspecified atom stereocenters. The van der Waals surface area contributed by atoms with E-state index in [-0.39, 0.29) is 6.04 Å². The van der Waals surface area contributed by atoms with Crippen LogP contribution in [0.4, 0.5) is 0 Å². The molecule has 72 valence electrons. The third kappa shape index (κ3) is 1.67. The number of aromatic amines is 1. The summed E-state index contributed by atoms with van der Waals surface area (Å²) in [6.07, 6.45) is 1.77. The molecule has 0 aliphatic carbocycles. The number of benzene rings is 1. The summed E-state index contributed by atoms with van der Waals surface area (Å²) in [7, 11) is 1.94. The normalized spacial score (nSPS) is 12.6. The van der Waals surface area contributed by atoms with E-state index in [9.17, 15) is 0 Å². The zero-order valence-corrected chi connectivity index (χ0v) is 8.07. The molecule has 0 aliphatic rings. The van der Waals surface area contributed by atoms with Gasteiger partial charge in [0.1, 0.15) is 0 Å². The summed E-state index contributed by atoms with van der Waals surface area (Å²) >= 11 is 0. The number of hydrogen-bond acceptors (Lipinski definition) is 2. The van der Waals surface area contributed by atoms with E-state index < -0.39 is 0 Å². The summed E-state index contributed by atoms with van der Waals surface area (Å²) in [4.78, 5) is 0. The Labute approximate surface area is 83.2 Å². The maximum absolute atomic E-state index is 3.95. The van der Waals surface area contributed by atoms with Crippen molar-refractivity contribution in [3.05, 3.63) is 53.9 Å². The van der Waals surface area contributed by atoms with Gasteiger partial charge < -0.3 is 5.32 Å². The maximum Gasteiger partial charge on any atom is 0.0743 e. The second-order valence-corrected chi connectivity index (χ2v) is 3.14. The first kappa shape index (κ1) is 8.97. The Hall–Kier alpha value is -1.61. The van der Waals surface area contributed by atoms with Crippen molar-refractivity contribution in [1.29, 1.82) is 0 Å². The minimum Gasteiger partial charge on any atom is -0.308 e. The number of hydrogen-bond donors (Lipinski definition) is 2. The second kappa shape index (κ2) is 4.07. The van der Waals surface area contributed by atoms with Crippen LogP contribution in [0, 0.1) is 0 Å². The highest BCUT2D eigenvalue weighted by Crippen LogP contribution is 2.18. The van der Waals surface area contributed by atoms with Crippen molar-refractivity contribution < 1.29 is 0 Å². The van der Waals surface area contributed by atoms with Crippen molar-refractivity contribution in [2.24, 2.45) is 0 Å². The second-order valence-electron chi connectivity index (χ2n) is 3.14. The van der Waals surface area contributed by atoms with Crippen LogP contribution >= 0.6 is 0 Å². The van der Waals surface area contributed by atoms with Gasteiger partial charge in [-0.25, -0.2) is 0 Å². The molecule has 1 aromatic carbocycles. The molecule has 2 N–H and O–H groups in total. The molecular weight excluding hydrogens is 174 g/mol. The average Bonchev–Trinajstić information content (AvgIpc) is 2.74. The van der Waals surface area contributed by atoms with Crippen molar-refractivity contribution in [1.82, 2.24) is 15.5 Å². The third-order valence-electron chi connectivity index (χ3n) is 2.25. The lowest BCUT2D eigenvalue weighted by atomic mass is 10.0. The largest absolute Gasteiger partial charge is 0.308 e. The van der Waals surface area contributed by atoms with Crippen LogP contribution in [0.15, 0.2) is 42.6 Å². The van der Waals surface area contributed by atoms with Crippen LogP contribution in [0.2, 0.25) is 0 Å².